The molecule has 4 heteroatoms. The molecular formula is C10H24N2O2. The number of nitrogens with two attached hydrogens (primary N) is 2. The first kappa shape index (κ1) is 13.8. The average molecular weight is 204 g/mol. The zero-order valence-corrected chi connectivity index (χ0v) is 9.08. The minimum Gasteiger partial charge on any atom is -0.395 e. The van der Waals surface area contributed by atoms with Gasteiger partial charge in [-0.05, 0) is 19.3 Å². The van der Waals surface area contributed by atoms with Gasteiger partial charge in [-0.3, -0.25) is 0 Å². The summed E-state index contributed by atoms with van der Waals surface area (Å²) in [6.45, 7) is 2.49. The summed E-state index contributed by atoms with van der Waals surface area (Å²) in [5, 5.41) is 17.6. The Bertz CT molecular complexity index is 132. The van der Waals surface area contributed by atoms with E-state index in [0.29, 0.717) is 6.54 Å². The largest absolute Gasteiger partial charge is 0.395 e. The maximum atomic E-state index is 9.38. The van der Waals surface area contributed by atoms with Crippen LogP contribution < -0.4 is 11.5 Å². The van der Waals surface area contributed by atoms with E-state index in [4.69, 9.17) is 16.6 Å². The molecule has 0 aliphatic heterocycles. The van der Waals surface area contributed by atoms with Crippen LogP contribution >= 0.6 is 0 Å². The van der Waals surface area contributed by atoms with E-state index in [1.807, 2.05) is 6.92 Å². The molecule has 1 aliphatic carbocycles. The SMILES string of the molecule is CCC(N)CO.NCC1(O)CCCC1. The fraction of sp³-hybridized carbons (Fsp3) is 1.00. The van der Waals surface area contributed by atoms with Gasteiger partial charge in [-0.2, -0.15) is 0 Å². The van der Waals surface area contributed by atoms with Crippen molar-refractivity contribution in [2.75, 3.05) is 13.2 Å². The van der Waals surface area contributed by atoms with E-state index in [9.17, 15) is 5.11 Å². The van der Waals surface area contributed by atoms with E-state index < -0.39 is 5.60 Å². The van der Waals surface area contributed by atoms with E-state index in [1.54, 1.807) is 0 Å². The van der Waals surface area contributed by atoms with Gasteiger partial charge in [-0.1, -0.05) is 19.8 Å². The van der Waals surface area contributed by atoms with Gasteiger partial charge in [-0.25, -0.2) is 0 Å². The van der Waals surface area contributed by atoms with Crippen LogP contribution in [-0.4, -0.2) is 35.0 Å². The zero-order chi connectivity index (χ0) is 11.0. The molecule has 0 amide bonds. The highest BCUT2D eigenvalue weighted by Crippen LogP contribution is 2.27. The molecule has 0 aromatic rings. The number of aliphatic hydroxyl groups is 2. The predicted octanol–water partition coefficient (Wildman–Crippen LogP) is -0.0338. The van der Waals surface area contributed by atoms with Crippen LogP contribution in [-0.2, 0) is 0 Å². The van der Waals surface area contributed by atoms with Crippen molar-refractivity contribution >= 4 is 0 Å². The monoisotopic (exact) mass is 204 g/mol. The highest BCUT2D eigenvalue weighted by molar-refractivity contribution is 4.84. The second kappa shape index (κ2) is 7.17. The highest BCUT2D eigenvalue weighted by atomic mass is 16.3. The molecule has 1 aliphatic rings. The second-order valence-electron chi connectivity index (χ2n) is 3.99. The van der Waals surface area contributed by atoms with Crippen LogP contribution in [0.15, 0.2) is 0 Å². The summed E-state index contributed by atoms with van der Waals surface area (Å²) in [6, 6.07) is -0.00926. The molecule has 0 aromatic heterocycles. The normalized spacial score (nSPS) is 21.2. The van der Waals surface area contributed by atoms with Crippen molar-refractivity contribution in [3.05, 3.63) is 0 Å². The maximum Gasteiger partial charge on any atom is 0.0769 e. The van der Waals surface area contributed by atoms with Gasteiger partial charge >= 0.3 is 0 Å². The molecule has 6 N–H and O–H groups in total. The van der Waals surface area contributed by atoms with Gasteiger partial charge in [0.2, 0.25) is 0 Å². The molecule has 1 fully saturated rings. The molecule has 0 radical (unpaired) electrons. The van der Waals surface area contributed by atoms with Gasteiger partial charge in [0, 0.05) is 12.6 Å². The van der Waals surface area contributed by atoms with Gasteiger partial charge in [0.25, 0.3) is 0 Å². The first-order valence-electron chi connectivity index (χ1n) is 5.37. The Kier molecular flexibility index (Phi) is 7.09. The van der Waals surface area contributed by atoms with Gasteiger partial charge in [-0.15, -0.1) is 0 Å². The molecule has 1 saturated carbocycles. The Morgan fingerprint density at radius 2 is 1.86 bits per heavy atom. The zero-order valence-electron chi connectivity index (χ0n) is 9.08. The summed E-state index contributed by atoms with van der Waals surface area (Å²) in [6.07, 6.45) is 4.96. The van der Waals surface area contributed by atoms with Crippen LogP contribution in [0.25, 0.3) is 0 Å². The fourth-order valence-corrected chi connectivity index (χ4v) is 1.37. The quantitative estimate of drug-likeness (QED) is 0.519. The lowest BCUT2D eigenvalue weighted by atomic mass is 10.0. The fourth-order valence-electron chi connectivity index (χ4n) is 1.37. The van der Waals surface area contributed by atoms with Gasteiger partial charge in [0.15, 0.2) is 0 Å². The third kappa shape index (κ3) is 5.54. The number of hydrogen-bond donors (Lipinski definition) is 4. The third-order valence-corrected chi connectivity index (χ3v) is 2.67. The van der Waals surface area contributed by atoms with Crippen LogP contribution in [0.4, 0.5) is 0 Å². The summed E-state index contributed by atoms with van der Waals surface area (Å²) in [5.74, 6) is 0. The highest BCUT2D eigenvalue weighted by Gasteiger charge is 2.28. The number of rotatable bonds is 3. The Morgan fingerprint density at radius 3 is 2.00 bits per heavy atom. The predicted molar refractivity (Wildman–Crippen MR) is 57.8 cm³/mol. The summed E-state index contributed by atoms with van der Waals surface area (Å²) in [4.78, 5) is 0. The molecule has 0 bridgehead atoms. The van der Waals surface area contributed by atoms with Crippen LogP contribution in [0.2, 0.25) is 0 Å². The molecule has 1 unspecified atom stereocenters. The average Bonchev–Trinajstić information content (AvgIpc) is 2.66. The Balaban J connectivity index is 0.000000255. The van der Waals surface area contributed by atoms with Crippen molar-refractivity contribution < 1.29 is 10.2 Å². The van der Waals surface area contributed by atoms with E-state index in [2.05, 4.69) is 0 Å². The lowest BCUT2D eigenvalue weighted by Crippen LogP contribution is -2.33. The van der Waals surface area contributed by atoms with Crippen LogP contribution in [0.1, 0.15) is 39.0 Å². The van der Waals surface area contributed by atoms with Gasteiger partial charge in [0.05, 0.1) is 12.2 Å². The van der Waals surface area contributed by atoms with Crippen molar-refractivity contribution in [3.63, 3.8) is 0 Å². The third-order valence-electron chi connectivity index (χ3n) is 2.67. The minimum atomic E-state index is -0.486. The van der Waals surface area contributed by atoms with Crippen molar-refractivity contribution in [3.8, 4) is 0 Å². The molecule has 86 valence electrons. The molecule has 1 atom stereocenters. The molecule has 0 spiro atoms. The first-order chi connectivity index (χ1) is 6.58. The minimum absolute atomic E-state index is 0.00926. The number of aliphatic hydroxyl groups excluding tert-OH is 1. The van der Waals surface area contributed by atoms with E-state index in [0.717, 1.165) is 32.1 Å². The molecular weight excluding hydrogens is 180 g/mol. The van der Waals surface area contributed by atoms with E-state index in [1.165, 1.54) is 0 Å². The van der Waals surface area contributed by atoms with Crippen LogP contribution in [0.5, 0.6) is 0 Å². The van der Waals surface area contributed by atoms with Gasteiger partial charge in [0.1, 0.15) is 0 Å². The van der Waals surface area contributed by atoms with Crippen LogP contribution in [0, 0.1) is 0 Å². The molecule has 14 heavy (non-hydrogen) atoms. The first-order valence-corrected chi connectivity index (χ1v) is 5.37. The van der Waals surface area contributed by atoms with Crippen molar-refractivity contribution in [1.29, 1.82) is 0 Å². The van der Waals surface area contributed by atoms with Gasteiger partial charge < -0.3 is 21.7 Å². The number of hydrogen-bond acceptors (Lipinski definition) is 4. The molecule has 4 nitrogen and oxygen atoms in total. The Morgan fingerprint density at radius 1 is 1.36 bits per heavy atom. The summed E-state index contributed by atoms with van der Waals surface area (Å²) >= 11 is 0. The van der Waals surface area contributed by atoms with Crippen molar-refractivity contribution in [2.45, 2.75) is 50.7 Å². The molecule has 1 rings (SSSR count). The van der Waals surface area contributed by atoms with Crippen molar-refractivity contribution in [2.24, 2.45) is 11.5 Å². The summed E-state index contributed by atoms with van der Waals surface area (Å²) in [7, 11) is 0. The summed E-state index contributed by atoms with van der Waals surface area (Å²) in [5.41, 5.74) is 10.1. The topological polar surface area (TPSA) is 92.5 Å². The second-order valence-corrected chi connectivity index (χ2v) is 3.99. The van der Waals surface area contributed by atoms with E-state index >= 15 is 0 Å². The maximum absolute atomic E-state index is 9.38. The van der Waals surface area contributed by atoms with Crippen LogP contribution in [0.3, 0.4) is 0 Å². The standard InChI is InChI=1S/C6H13NO.C4H11NO/c7-5-6(8)3-1-2-4-6;1-2-4(5)3-6/h8H,1-5,7H2;4,6H,2-3,5H2,1H3. The molecule has 0 aromatic carbocycles. The Hall–Kier alpha value is -0.160. The van der Waals surface area contributed by atoms with E-state index in [-0.39, 0.29) is 12.6 Å². The van der Waals surface area contributed by atoms with Crippen molar-refractivity contribution in [1.82, 2.24) is 0 Å². The Labute approximate surface area is 86.3 Å². The summed E-state index contributed by atoms with van der Waals surface area (Å²) < 4.78 is 0. The molecule has 0 saturated heterocycles. The molecule has 0 heterocycles. The lowest BCUT2D eigenvalue weighted by Gasteiger charge is -2.18. The smallest absolute Gasteiger partial charge is 0.0769 e. The lowest BCUT2D eigenvalue weighted by molar-refractivity contribution is 0.0570.